The van der Waals surface area contributed by atoms with Crippen LogP contribution in [0.4, 0.5) is 0 Å². The molecule has 0 aliphatic carbocycles. The number of likely N-dealkylation sites (tertiary alicyclic amines) is 1. The molecule has 1 N–H and O–H groups in total. The highest BCUT2D eigenvalue weighted by Gasteiger charge is 2.29. The molecule has 82 valence electrons. The highest BCUT2D eigenvalue weighted by atomic mass is 16.3. The van der Waals surface area contributed by atoms with Crippen molar-refractivity contribution in [2.45, 2.75) is 38.0 Å². The van der Waals surface area contributed by atoms with Gasteiger partial charge in [0, 0.05) is 6.04 Å². The molecule has 3 unspecified atom stereocenters. The largest absolute Gasteiger partial charge is 0.378 e. The first kappa shape index (κ1) is 10.7. The van der Waals surface area contributed by atoms with Crippen LogP contribution < -0.4 is 0 Å². The number of benzene rings is 1. The van der Waals surface area contributed by atoms with Gasteiger partial charge in [-0.3, -0.25) is 4.90 Å². The average Bonchev–Trinajstić information content (AvgIpc) is 2.26. The van der Waals surface area contributed by atoms with Crippen LogP contribution in [0.1, 0.15) is 31.2 Å². The summed E-state index contributed by atoms with van der Waals surface area (Å²) in [4.78, 5) is 2.06. The second-order valence-electron chi connectivity index (χ2n) is 4.57. The molecule has 1 aromatic rings. The molecule has 2 heteroatoms. The van der Waals surface area contributed by atoms with Gasteiger partial charge in [-0.1, -0.05) is 30.3 Å². The van der Waals surface area contributed by atoms with Crippen LogP contribution in [0, 0.1) is 0 Å². The normalized spacial score (nSPS) is 32.9. The predicted molar refractivity (Wildman–Crippen MR) is 61.6 cm³/mol. The molecule has 0 saturated carbocycles. The summed E-state index contributed by atoms with van der Waals surface area (Å²) in [6, 6.07) is 11.0. The van der Waals surface area contributed by atoms with Crippen molar-refractivity contribution < 1.29 is 5.11 Å². The lowest BCUT2D eigenvalue weighted by atomic mass is 9.85. The van der Waals surface area contributed by atoms with E-state index in [9.17, 15) is 5.11 Å². The lowest BCUT2D eigenvalue weighted by Gasteiger charge is -2.39. The van der Waals surface area contributed by atoms with Gasteiger partial charge in [0.1, 0.15) is 6.23 Å². The Bertz CT molecular complexity index is 300. The Morgan fingerprint density at radius 2 is 1.87 bits per heavy atom. The molecule has 15 heavy (non-hydrogen) atoms. The third kappa shape index (κ3) is 2.21. The van der Waals surface area contributed by atoms with E-state index in [1.54, 1.807) is 0 Å². The number of aliphatic hydroxyl groups excluding tert-OH is 1. The van der Waals surface area contributed by atoms with Crippen molar-refractivity contribution in [3.05, 3.63) is 35.9 Å². The predicted octanol–water partition coefficient (Wildman–Crippen LogP) is 2.20. The van der Waals surface area contributed by atoms with Gasteiger partial charge in [0.15, 0.2) is 0 Å². The maximum absolute atomic E-state index is 9.91. The first-order valence-corrected chi connectivity index (χ1v) is 5.63. The van der Waals surface area contributed by atoms with Gasteiger partial charge in [0.05, 0.1) is 0 Å². The quantitative estimate of drug-likeness (QED) is 0.759. The van der Waals surface area contributed by atoms with E-state index in [4.69, 9.17) is 0 Å². The Balaban J connectivity index is 2.13. The zero-order valence-corrected chi connectivity index (χ0v) is 9.43. The minimum atomic E-state index is -0.293. The highest BCUT2D eigenvalue weighted by molar-refractivity contribution is 5.20. The number of rotatable bonds is 1. The van der Waals surface area contributed by atoms with Crippen LogP contribution >= 0.6 is 0 Å². The van der Waals surface area contributed by atoms with E-state index in [1.165, 1.54) is 5.56 Å². The Kier molecular flexibility index (Phi) is 3.08. The molecule has 0 bridgehead atoms. The Hall–Kier alpha value is -0.860. The minimum absolute atomic E-state index is 0.293. The van der Waals surface area contributed by atoms with Crippen LogP contribution in [-0.2, 0) is 0 Å². The third-order valence-electron chi connectivity index (χ3n) is 3.56. The fraction of sp³-hybridized carbons (Fsp3) is 0.538. The molecule has 1 aromatic carbocycles. The van der Waals surface area contributed by atoms with Gasteiger partial charge in [-0.25, -0.2) is 0 Å². The highest BCUT2D eigenvalue weighted by Crippen LogP contribution is 2.33. The van der Waals surface area contributed by atoms with Gasteiger partial charge >= 0.3 is 0 Å². The lowest BCUT2D eigenvalue weighted by Crippen LogP contribution is -2.44. The van der Waals surface area contributed by atoms with E-state index >= 15 is 0 Å². The second kappa shape index (κ2) is 4.33. The molecule has 0 radical (unpaired) electrons. The number of aliphatic hydroxyl groups is 1. The third-order valence-corrected chi connectivity index (χ3v) is 3.56. The van der Waals surface area contributed by atoms with Crippen molar-refractivity contribution in [3.8, 4) is 0 Å². The van der Waals surface area contributed by atoms with Gasteiger partial charge in [-0.2, -0.15) is 0 Å². The van der Waals surface area contributed by atoms with E-state index in [-0.39, 0.29) is 6.23 Å². The fourth-order valence-corrected chi connectivity index (χ4v) is 2.39. The van der Waals surface area contributed by atoms with E-state index in [0.29, 0.717) is 12.0 Å². The second-order valence-corrected chi connectivity index (χ2v) is 4.57. The van der Waals surface area contributed by atoms with E-state index < -0.39 is 0 Å². The number of nitrogens with zero attached hydrogens (tertiary/aromatic N) is 1. The van der Waals surface area contributed by atoms with Crippen LogP contribution in [-0.4, -0.2) is 29.3 Å². The summed E-state index contributed by atoms with van der Waals surface area (Å²) in [5.41, 5.74) is 1.36. The van der Waals surface area contributed by atoms with Gasteiger partial charge < -0.3 is 5.11 Å². The van der Waals surface area contributed by atoms with Gasteiger partial charge in [-0.05, 0) is 38.3 Å². The molecular weight excluding hydrogens is 186 g/mol. The summed E-state index contributed by atoms with van der Waals surface area (Å²) >= 11 is 0. The zero-order valence-electron chi connectivity index (χ0n) is 9.43. The smallest absolute Gasteiger partial charge is 0.107 e. The number of piperidine rings is 1. The summed E-state index contributed by atoms with van der Waals surface area (Å²) in [5.74, 6) is 0.507. The first-order chi connectivity index (χ1) is 7.18. The fourth-order valence-electron chi connectivity index (χ4n) is 2.39. The Labute approximate surface area is 91.5 Å². The summed E-state index contributed by atoms with van der Waals surface area (Å²) in [7, 11) is 2.00. The molecule has 1 saturated heterocycles. The van der Waals surface area contributed by atoms with Crippen molar-refractivity contribution in [2.24, 2.45) is 0 Å². The summed E-state index contributed by atoms with van der Waals surface area (Å²) in [6.07, 6.45) is 1.70. The van der Waals surface area contributed by atoms with Crippen LogP contribution in [0.3, 0.4) is 0 Å². The van der Waals surface area contributed by atoms with Gasteiger partial charge in [0.2, 0.25) is 0 Å². The maximum Gasteiger partial charge on any atom is 0.107 e. The molecule has 1 heterocycles. The summed E-state index contributed by atoms with van der Waals surface area (Å²) < 4.78 is 0. The van der Waals surface area contributed by atoms with E-state index in [0.717, 1.165) is 12.8 Å². The molecule has 2 nitrogen and oxygen atoms in total. The molecule has 3 atom stereocenters. The van der Waals surface area contributed by atoms with Gasteiger partial charge in [0.25, 0.3) is 0 Å². The van der Waals surface area contributed by atoms with Crippen LogP contribution in [0.2, 0.25) is 0 Å². The lowest BCUT2D eigenvalue weighted by molar-refractivity contribution is -0.0409. The Morgan fingerprint density at radius 1 is 1.20 bits per heavy atom. The molecule has 0 spiro atoms. The molecule has 1 aliphatic heterocycles. The van der Waals surface area contributed by atoms with Crippen molar-refractivity contribution in [2.75, 3.05) is 7.05 Å². The van der Waals surface area contributed by atoms with E-state index in [2.05, 4.69) is 36.1 Å². The maximum atomic E-state index is 9.91. The average molecular weight is 205 g/mol. The monoisotopic (exact) mass is 205 g/mol. The molecule has 2 rings (SSSR count). The molecule has 1 fully saturated rings. The Morgan fingerprint density at radius 3 is 2.47 bits per heavy atom. The molecular formula is C13H19NO. The van der Waals surface area contributed by atoms with Crippen LogP contribution in [0.15, 0.2) is 30.3 Å². The van der Waals surface area contributed by atoms with Gasteiger partial charge in [-0.15, -0.1) is 0 Å². The topological polar surface area (TPSA) is 23.5 Å². The minimum Gasteiger partial charge on any atom is -0.378 e. The summed E-state index contributed by atoms with van der Waals surface area (Å²) in [5, 5.41) is 9.91. The van der Waals surface area contributed by atoms with E-state index in [1.807, 2.05) is 13.1 Å². The molecule has 0 aromatic heterocycles. The SMILES string of the molecule is CC1CC(c2ccccc2)CC(O)N1C. The number of hydrogen-bond donors (Lipinski definition) is 1. The zero-order chi connectivity index (χ0) is 10.8. The van der Waals surface area contributed by atoms with Crippen molar-refractivity contribution in [1.82, 2.24) is 4.90 Å². The van der Waals surface area contributed by atoms with Crippen LogP contribution in [0.5, 0.6) is 0 Å². The van der Waals surface area contributed by atoms with Crippen molar-refractivity contribution in [3.63, 3.8) is 0 Å². The standard InChI is InChI=1S/C13H19NO/c1-10-8-12(9-13(15)14(10)2)11-6-4-3-5-7-11/h3-7,10,12-13,15H,8-9H2,1-2H3. The van der Waals surface area contributed by atoms with Crippen molar-refractivity contribution in [1.29, 1.82) is 0 Å². The number of hydrogen-bond acceptors (Lipinski definition) is 2. The van der Waals surface area contributed by atoms with Crippen LogP contribution in [0.25, 0.3) is 0 Å². The molecule has 1 aliphatic rings. The summed E-state index contributed by atoms with van der Waals surface area (Å²) in [6.45, 7) is 2.18. The first-order valence-electron chi connectivity index (χ1n) is 5.63. The molecule has 0 amide bonds. The van der Waals surface area contributed by atoms with Crippen molar-refractivity contribution >= 4 is 0 Å².